The van der Waals surface area contributed by atoms with Crippen LogP contribution in [0.15, 0.2) is 9.59 Å². The molecule has 2 heterocycles. The van der Waals surface area contributed by atoms with Gasteiger partial charge in [0.2, 0.25) is 0 Å². The first-order valence-corrected chi connectivity index (χ1v) is 10.0. The number of carbonyl (C=O) groups excluding carboxylic acids is 2. The smallest absolute Gasteiger partial charge is 0.409 e. The first-order chi connectivity index (χ1) is 14.2. The second-order valence-corrected chi connectivity index (χ2v) is 7.67. The van der Waals surface area contributed by atoms with E-state index in [-0.39, 0.29) is 43.1 Å². The molecule has 0 radical (unpaired) electrons. The van der Waals surface area contributed by atoms with Crippen LogP contribution in [0.25, 0.3) is 0 Å². The summed E-state index contributed by atoms with van der Waals surface area (Å²) in [6.45, 7) is 6.58. The number of ketones is 1. The summed E-state index contributed by atoms with van der Waals surface area (Å²) in [4.78, 5) is 54.8. The summed E-state index contributed by atoms with van der Waals surface area (Å²) in [5.74, 6) is -0.388. The number of H-pyrrole nitrogens is 1. The highest BCUT2D eigenvalue weighted by Crippen LogP contribution is 2.10. The molecule has 0 saturated carbocycles. The zero-order chi connectivity index (χ0) is 22.3. The van der Waals surface area contributed by atoms with Gasteiger partial charge in [-0.2, -0.15) is 0 Å². The van der Waals surface area contributed by atoms with Crippen LogP contribution in [-0.4, -0.2) is 84.3 Å². The highest BCUT2D eigenvalue weighted by molar-refractivity contribution is 6.01. The molecule has 168 valence electrons. The number of nitrogens with two attached hydrogens (primary N) is 1. The standard InChI is InChI=1S/C19H31N5O6/c1-13(2)12-30-19(28)23-6-4-5-22(7-8-23)11-14(25)15-16(20)24(9-10-29-3)18(27)21-17(15)26/h13H,4-12,20H2,1-3H3,(H,21,26,27). The molecule has 3 N–H and O–H groups in total. The minimum Gasteiger partial charge on any atom is -0.449 e. The number of amides is 1. The first kappa shape index (κ1) is 23.6. The third kappa shape index (κ3) is 6.17. The van der Waals surface area contributed by atoms with E-state index in [4.69, 9.17) is 15.2 Å². The number of carbonyl (C=O) groups is 2. The molecule has 1 fully saturated rings. The van der Waals surface area contributed by atoms with Crippen molar-refractivity contribution in [2.75, 3.05) is 58.8 Å². The number of aromatic nitrogens is 2. The Labute approximate surface area is 174 Å². The Balaban J connectivity index is 2.05. The van der Waals surface area contributed by atoms with E-state index in [1.807, 2.05) is 18.7 Å². The highest BCUT2D eigenvalue weighted by Gasteiger charge is 2.25. The van der Waals surface area contributed by atoms with Crippen LogP contribution in [-0.2, 0) is 16.0 Å². The maximum Gasteiger partial charge on any atom is 0.409 e. The van der Waals surface area contributed by atoms with Crippen LogP contribution < -0.4 is 17.0 Å². The quantitative estimate of drug-likeness (QED) is 0.543. The molecule has 1 aliphatic rings. The molecule has 2 rings (SSSR count). The van der Waals surface area contributed by atoms with Gasteiger partial charge in [-0.3, -0.25) is 24.0 Å². The Hall–Kier alpha value is -2.66. The van der Waals surface area contributed by atoms with Gasteiger partial charge in [0.15, 0.2) is 5.78 Å². The van der Waals surface area contributed by atoms with Crippen molar-refractivity contribution >= 4 is 17.7 Å². The SMILES string of the molecule is COCCn1c(N)c(C(=O)CN2CCCN(C(=O)OCC(C)C)CC2)c(=O)[nH]c1=O. The Morgan fingerprint density at radius 2 is 1.90 bits per heavy atom. The molecular formula is C19H31N5O6. The minimum absolute atomic E-state index is 0.0371. The van der Waals surface area contributed by atoms with Crippen molar-refractivity contribution in [3.05, 3.63) is 26.4 Å². The van der Waals surface area contributed by atoms with E-state index in [0.717, 1.165) is 4.57 Å². The lowest BCUT2D eigenvalue weighted by atomic mass is 10.1. The number of rotatable bonds is 8. The van der Waals surface area contributed by atoms with Crippen LogP contribution in [0.2, 0.25) is 0 Å². The molecule has 1 aliphatic heterocycles. The summed E-state index contributed by atoms with van der Waals surface area (Å²) < 4.78 is 11.3. The lowest BCUT2D eigenvalue weighted by molar-refractivity contribution is 0.0906. The van der Waals surface area contributed by atoms with Gasteiger partial charge in [0.1, 0.15) is 11.4 Å². The van der Waals surface area contributed by atoms with Crippen LogP contribution in [0.3, 0.4) is 0 Å². The molecular weight excluding hydrogens is 394 g/mol. The second-order valence-electron chi connectivity index (χ2n) is 7.67. The average Bonchev–Trinajstić information content (AvgIpc) is 2.91. The van der Waals surface area contributed by atoms with Gasteiger partial charge in [-0.05, 0) is 12.3 Å². The molecule has 0 spiro atoms. The van der Waals surface area contributed by atoms with Crippen molar-refractivity contribution in [1.29, 1.82) is 0 Å². The van der Waals surface area contributed by atoms with Gasteiger partial charge >= 0.3 is 11.8 Å². The molecule has 0 aliphatic carbocycles. The molecule has 11 nitrogen and oxygen atoms in total. The van der Waals surface area contributed by atoms with Gasteiger partial charge in [0.05, 0.1) is 26.3 Å². The van der Waals surface area contributed by atoms with E-state index in [0.29, 0.717) is 39.2 Å². The van der Waals surface area contributed by atoms with E-state index in [9.17, 15) is 19.2 Å². The van der Waals surface area contributed by atoms with Crippen LogP contribution in [0.5, 0.6) is 0 Å². The van der Waals surface area contributed by atoms with Crippen LogP contribution in [0, 0.1) is 5.92 Å². The molecule has 1 amide bonds. The Morgan fingerprint density at radius 1 is 1.17 bits per heavy atom. The predicted octanol–water partition coefficient (Wildman–Crippen LogP) is -0.252. The fraction of sp³-hybridized carbons (Fsp3) is 0.684. The van der Waals surface area contributed by atoms with Gasteiger partial charge < -0.3 is 20.1 Å². The maximum absolute atomic E-state index is 12.8. The van der Waals surface area contributed by atoms with E-state index in [2.05, 4.69) is 4.98 Å². The van der Waals surface area contributed by atoms with E-state index >= 15 is 0 Å². The summed E-state index contributed by atoms with van der Waals surface area (Å²) in [6.07, 6.45) is 0.311. The number of hydrogen-bond acceptors (Lipinski definition) is 8. The molecule has 11 heteroatoms. The number of ether oxygens (including phenoxy) is 2. The molecule has 0 unspecified atom stereocenters. The Kier molecular flexibility index (Phi) is 8.60. The summed E-state index contributed by atoms with van der Waals surface area (Å²) in [5.41, 5.74) is 4.24. The van der Waals surface area contributed by atoms with Crippen molar-refractivity contribution in [3.63, 3.8) is 0 Å². The Morgan fingerprint density at radius 3 is 2.57 bits per heavy atom. The average molecular weight is 425 g/mol. The molecule has 0 bridgehead atoms. The third-order valence-corrected chi connectivity index (χ3v) is 4.79. The number of anilines is 1. The largest absolute Gasteiger partial charge is 0.449 e. The fourth-order valence-corrected chi connectivity index (χ4v) is 3.18. The van der Waals surface area contributed by atoms with Crippen molar-refractivity contribution < 1.29 is 19.1 Å². The molecule has 30 heavy (non-hydrogen) atoms. The molecule has 0 aromatic carbocycles. The zero-order valence-corrected chi connectivity index (χ0v) is 17.8. The van der Waals surface area contributed by atoms with E-state index in [1.165, 1.54) is 7.11 Å². The third-order valence-electron chi connectivity index (χ3n) is 4.79. The van der Waals surface area contributed by atoms with Crippen LogP contribution >= 0.6 is 0 Å². The predicted molar refractivity (Wildman–Crippen MR) is 111 cm³/mol. The summed E-state index contributed by atoms with van der Waals surface area (Å²) >= 11 is 0. The van der Waals surface area contributed by atoms with Crippen molar-refractivity contribution in [3.8, 4) is 0 Å². The van der Waals surface area contributed by atoms with Crippen LogP contribution in [0.4, 0.5) is 10.6 Å². The normalized spacial score (nSPS) is 15.3. The topological polar surface area (TPSA) is 140 Å². The fourth-order valence-electron chi connectivity index (χ4n) is 3.18. The van der Waals surface area contributed by atoms with Crippen LogP contribution in [0.1, 0.15) is 30.6 Å². The van der Waals surface area contributed by atoms with Gasteiger partial charge in [0.25, 0.3) is 5.56 Å². The van der Waals surface area contributed by atoms with Crippen molar-refractivity contribution in [1.82, 2.24) is 19.4 Å². The summed E-state index contributed by atoms with van der Waals surface area (Å²) in [7, 11) is 1.47. The first-order valence-electron chi connectivity index (χ1n) is 10.0. The van der Waals surface area contributed by atoms with Gasteiger partial charge in [-0.1, -0.05) is 13.8 Å². The van der Waals surface area contributed by atoms with Gasteiger partial charge in [-0.15, -0.1) is 0 Å². The lowest BCUT2D eigenvalue weighted by Crippen LogP contribution is -2.41. The number of nitrogens with zero attached hydrogens (tertiary/aromatic N) is 3. The maximum atomic E-state index is 12.8. The van der Waals surface area contributed by atoms with E-state index < -0.39 is 17.0 Å². The van der Waals surface area contributed by atoms with Crippen molar-refractivity contribution in [2.45, 2.75) is 26.8 Å². The van der Waals surface area contributed by atoms with Crippen molar-refractivity contribution in [2.24, 2.45) is 5.92 Å². The zero-order valence-electron chi connectivity index (χ0n) is 17.8. The second kappa shape index (κ2) is 10.9. The number of Topliss-reactive ketones (excluding diaryl/α,β-unsaturated/α-hetero) is 1. The molecule has 1 aromatic rings. The van der Waals surface area contributed by atoms with E-state index in [1.54, 1.807) is 4.90 Å². The number of hydrogen-bond donors (Lipinski definition) is 2. The number of nitrogens with one attached hydrogen (secondary N) is 1. The molecule has 1 saturated heterocycles. The Bertz CT molecular complexity index is 862. The highest BCUT2D eigenvalue weighted by atomic mass is 16.6. The molecule has 0 atom stereocenters. The summed E-state index contributed by atoms with van der Waals surface area (Å²) in [5, 5.41) is 0. The number of methoxy groups -OCH3 is 1. The minimum atomic E-state index is -0.801. The molecule has 1 aromatic heterocycles. The van der Waals surface area contributed by atoms with Gasteiger partial charge in [0, 0.05) is 33.3 Å². The number of nitrogen functional groups attached to an aromatic ring is 1. The number of aromatic amines is 1. The monoisotopic (exact) mass is 425 g/mol. The summed E-state index contributed by atoms with van der Waals surface area (Å²) in [6, 6.07) is 0. The van der Waals surface area contributed by atoms with Gasteiger partial charge in [-0.25, -0.2) is 9.59 Å². The lowest BCUT2D eigenvalue weighted by Gasteiger charge is -2.22.